The van der Waals surface area contributed by atoms with Crippen LogP contribution < -0.4 is 0 Å². The number of rotatable bonds is 15. The van der Waals surface area contributed by atoms with Crippen LogP contribution in [0.2, 0.25) is 0 Å². The molecule has 596 valence electrons. The molecule has 5 aliphatic rings. The van der Waals surface area contributed by atoms with E-state index in [9.17, 15) is 13.2 Å². The molecule has 116 heavy (non-hydrogen) atoms. The first-order valence-corrected chi connectivity index (χ1v) is 41.5. The third-order valence-corrected chi connectivity index (χ3v) is 24.4. The van der Waals surface area contributed by atoms with Gasteiger partial charge in [0.2, 0.25) is 0 Å². The zero-order valence-electron chi connectivity index (χ0n) is 68.6. The van der Waals surface area contributed by atoms with Gasteiger partial charge in [-0.25, -0.2) is 13.2 Å². The monoisotopic (exact) mass is 1550 g/mol. The number of nitrogens with zero attached hydrogens (tertiary/aromatic N) is 15. The lowest BCUT2D eigenvalue weighted by Crippen LogP contribution is -2.27. The first-order chi connectivity index (χ1) is 56.5. The van der Waals surface area contributed by atoms with E-state index in [1.54, 1.807) is 55.0 Å². The van der Waals surface area contributed by atoms with Crippen molar-refractivity contribution in [2.75, 3.05) is 68.0 Å². The van der Waals surface area contributed by atoms with Gasteiger partial charge in [-0.1, -0.05) is 65.7 Å². The van der Waals surface area contributed by atoms with E-state index >= 15 is 0 Å². The summed E-state index contributed by atoms with van der Waals surface area (Å²) in [5, 5.41) is 6.09. The minimum absolute atomic E-state index is 0.145. The van der Waals surface area contributed by atoms with Gasteiger partial charge in [-0.05, 0) is 235 Å². The number of aromatic nitrogens is 10. The van der Waals surface area contributed by atoms with Crippen LogP contribution in [-0.4, -0.2) is 140 Å². The molecule has 0 fully saturated rings. The number of pyridine rings is 3. The predicted octanol–water partition coefficient (Wildman–Crippen LogP) is 17.7. The summed E-state index contributed by atoms with van der Waals surface area (Å²) in [6.45, 7) is 21.5. The van der Waals surface area contributed by atoms with Crippen LogP contribution in [0.3, 0.4) is 0 Å². The van der Waals surface area contributed by atoms with Gasteiger partial charge in [-0.3, -0.25) is 24.9 Å². The molecule has 0 saturated carbocycles. The van der Waals surface area contributed by atoms with Gasteiger partial charge in [0.15, 0.2) is 0 Å². The molecule has 20 rings (SSSR count). The molecule has 0 radical (unpaired) electrons. The molecule has 5 aliphatic heterocycles. The van der Waals surface area contributed by atoms with Crippen LogP contribution >= 0.6 is 0 Å². The normalized spacial score (nSPS) is 15.0. The topological polar surface area (TPSA) is 105 Å². The highest BCUT2D eigenvalue weighted by Crippen LogP contribution is 2.38. The van der Waals surface area contributed by atoms with E-state index in [0.717, 1.165) is 201 Å². The highest BCUT2D eigenvalue weighted by molar-refractivity contribution is 5.90. The molecule has 0 amide bonds. The van der Waals surface area contributed by atoms with Crippen LogP contribution in [0.5, 0.6) is 0 Å². The largest absolute Gasteiger partial charge is 0.344 e. The summed E-state index contributed by atoms with van der Waals surface area (Å²) < 4.78 is 53.4. The standard InChI is InChI=1S/C21H25N3.C20H21FN2.2C19H20FN3.C19H22N4/c1-15-4-7-20-18(12-15)19-14-23(3)10-9-21(19)24(20)11-8-17-6-5-16(2)22-13-17;1-22-11-10-20-18(14-22)17-13-16(21)7-8-19(17)23(20)12-9-15-5-3-2-4-6-15;1-22-10-7-19-17(13-22)16-12-15(20)2-3-18(16)23(19)11-6-14-4-8-21-9-5-14;1-22-9-7-19-17(13-22)16-11-15(20)4-5-18(16)23(19)10-6-14-3-2-8-21-12-14;1-14-3-4-18-16(11-14)17-13-22(2)9-6-19(17)23(18)10-5-15-12-20-7-8-21-15/h4-7,12-13H,8-11,14H2,1-3H3;2-8,13H,9-12,14H2,1H3;2-5,8-9,12H,6-7,10-11,13H2,1H3;2-5,8,11-12H,6-7,9-10,13H2,1H3;3-4,7-8,11-12H,5-6,9-10,13H2,1-2H3. The number of likely N-dealkylation sites (N-methyl/N-ethyl adjacent to an activating group) is 5. The number of fused-ring (bicyclic) bond motifs is 15. The van der Waals surface area contributed by atoms with Crippen molar-refractivity contribution in [1.82, 2.24) is 72.3 Å². The van der Waals surface area contributed by atoms with Crippen molar-refractivity contribution in [2.24, 2.45) is 0 Å². The van der Waals surface area contributed by atoms with E-state index in [4.69, 9.17) is 0 Å². The van der Waals surface area contributed by atoms with Crippen molar-refractivity contribution >= 4 is 54.5 Å². The van der Waals surface area contributed by atoms with E-state index < -0.39 is 0 Å². The number of benzene rings is 6. The summed E-state index contributed by atoms with van der Waals surface area (Å²) in [4.78, 5) is 33.1. The summed E-state index contributed by atoms with van der Waals surface area (Å²) in [6.07, 6.45) is 25.0. The van der Waals surface area contributed by atoms with E-state index in [-0.39, 0.29) is 17.5 Å². The molecule has 15 nitrogen and oxygen atoms in total. The summed E-state index contributed by atoms with van der Waals surface area (Å²) in [7, 11) is 10.8. The number of aryl methyl sites for hydroxylation is 13. The summed E-state index contributed by atoms with van der Waals surface area (Å²) >= 11 is 0. The van der Waals surface area contributed by atoms with Crippen molar-refractivity contribution < 1.29 is 13.2 Å². The third-order valence-electron chi connectivity index (χ3n) is 24.4. The third kappa shape index (κ3) is 17.8. The van der Waals surface area contributed by atoms with Gasteiger partial charge in [-0.2, -0.15) is 0 Å². The second-order valence-corrected chi connectivity index (χ2v) is 32.8. The fourth-order valence-corrected chi connectivity index (χ4v) is 18.4. The summed E-state index contributed by atoms with van der Waals surface area (Å²) in [6, 6.07) is 52.4. The van der Waals surface area contributed by atoms with Crippen molar-refractivity contribution in [1.29, 1.82) is 0 Å². The van der Waals surface area contributed by atoms with Gasteiger partial charge >= 0.3 is 0 Å². The predicted molar refractivity (Wildman–Crippen MR) is 464 cm³/mol. The molecule has 0 spiro atoms. The van der Waals surface area contributed by atoms with E-state index in [1.165, 1.54) is 117 Å². The molecule has 6 aromatic carbocycles. The molecule has 14 heterocycles. The lowest BCUT2D eigenvalue weighted by atomic mass is 10.0. The van der Waals surface area contributed by atoms with E-state index in [0.29, 0.717) is 0 Å². The highest BCUT2D eigenvalue weighted by Gasteiger charge is 2.29. The highest BCUT2D eigenvalue weighted by atomic mass is 19.1. The molecular formula is C98H108F3N15. The van der Waals surface area contributed by atoms with Gasteiger partial charge in [0, 0.05) is 275 Å². The first-order valence-electron chi connectivity index (χ1n) is 41.5. The first kappa shape index (κ1) is 79.0. The maximum atomic E-state index is 13.7. The zero-order valence-corrected chi connectivity index (χ0v) is 68.6. The minimum Gasteiger partial charge on any atom is -0.344 e. The van der Waals surface area contributed by atoms with Gasteiger partial charge in [-0.15, -0.1) is 0 Å². The molecule has 0 atom stereocenters. The summed E-state index contributed by atoms with van der Waals surface area (Å²) in [5.41, 5.74) is 30.3. The maximum absolute atomic E-state index is 13.7. The molecule has 0 N–H and O–H groups in total. The lowest BCUT2D eigenvalue weighted by Gasteiger charge is -2.24. The number of hydrogen-bond acceptors (Lipinski definition) is 10. The second-order valence-electron chi connectivity index (χ2n) is 32.8. The molecule has 0 bridgehead atoms. The van der Waals surface area contributed by atoms with Gasteiger partial charge in [0.05, 0.1) is 5.69 Å². The smallest absolute Gasteiger partial charge is 0.123 e. The van der Waals surface area contributed by atoms with Gasteiger partial charge < -0.3 is 47.3 Å². The Labute approximate surface area is 680 Å². The molecule has 15 aromatic rings. The summed E-state index contributed by atoms with van der Waals surface area (Å²) in [5.74, 6) is -0.452. The SMILES string of the molecule is CN1CCc2c(c3cc(F)ccc3n2CCc2ccccc2)C1.CN1CCc2c(c3cc(F)ccc3n2CCc2cccnc2)C1.CN1CCc2c(c3cc(F)ccc3n2CCc2ccncc2)C1.Cc1ccc2c(c1)c1c(n2CCc2ccc(C)nc2)CCN(C)C1.Cc1ccc2c(c1)c1c(n2CCc2cnccn2)CCN(C)C1. The second kappa shape index (κ2) is 35.7. The Morgan fingerprint density at radius 2 is 0.647 bits per heavy atom. The van der Waals surface area contributed by atoms with Crippen LogP contribution in [0.1, 0.15) is 101 Å². The van der Waals surface area contributed by atoms with Crippen molar-refractivity contribution in [3.05, 3.63) is 326 Å². The molecular weight excluding hydrogens is 1440 g/mol. The quantitative estimate of drug-likeness (QED) is 0.0985. The zero-order chi connectivity index (χ0) is 79.9. The number of hydrogen-bond donors (Lipinski definition) is 0. The minimum atomic E-state index is -0.155. The fraction of sp³-hybridized carbons (Fsp3) is 0.337. The molecule has 0 unspecified atom stereocenters. The Bertz CT molecular complexity index is 5330. The fourth-order valence-electron chi connectivity index (χ4n) is 18.4. The Morgan fingerprint density at radius 3 is 1.02 bits per heavy atom. The van der Waals surface area contributed by atoms with Crippen LogP contribution in [0.4, 0.5) is 13.2 Å². The Kier molecular flexibility index (Phi) is 24.3. The molecule has 0 aliphatic carbocycles. The Morgan fingerprint density at radius 1 is 0.293 bits per heavy atom. The van der Waals surface area contributed by atoms with Crippen LogP contribution in [0, 0.1) is 38.2 Å². The molecule has 18 heteroatoms. The van der Waals surface area contributed by atoms with Crippen LogP contribution in [-0.2, 0) is 130 Å². The average Bonchev–Trinajstić information content (AvgIpc) is 1.64. The molecule has 0 saturated heterocycles. The van der Waals surface area contributed by atoms with Crippen molar-refractivity contribution in [3.63, 3.8) is 0 Å². The van der Waals surface area contributed by atoms with Crippen molar-refractivity contribution in [3.8, 4) is 0 Å². The lowest BCUT2D eigenvalue weighted by molar-refractivity contribution is 0.309. The maximum Gasteiger partial charge on any atom is 0.123 e. The Balaban J connectivity index is 0.000000109. The van der Waals surface area contributed by atoms with Crippen molar-refractivity contribution in [2.45, 2.75) is 150 Å². The van der Waals surface area contributed by atoms with Gasteiger partial charge in [0.1, 0.15) is 17.5 Å². The number of halogens is 3. The van der Waals surface area contributed by atoms with Crippen LogP contribution in [0.15, 0.2) is 207 Å². The van der Waals surface area contributed by atoms with E-state index in [2.05, 4.69) is 218 Å². The molecule has 9 aromatic heterocycles. The average molecular weight is 1550 g/mol. The van der Waals surface area contributed by atoms with E-state index in [1.807, 2.05) is 62.2 Å². The van der Waals surface area contributed by atoms with Gasteiger partial charge in [0.25, 0.3) is 0 Å². The van der Waals surface area contributed by atoms with Crippen LogP contribution in [0.25, 0.3) is 54.5 Å². The Hall–Kier alpha value is -10.9.